The summed E-state index contributed by atoms with van der Waals surface area (Å²) in [7, 11) is 1.49. The molecule has 37 heavy (non-hydrogen) atoms. The van der Waals surface area contributed by atoms with Crippen LogP contribution in [0.5, 0.6) is 11.5 Å². The third kappa shape index (κ3) is 5.17. The summed E-state index contributed by atoms with van der Waals surface area (Å²) in [6.07, 6.45) is 0.885. The van der Waals surface area contributed by atoms with Gasteiger partial charge in [-0.05, 0) is 48.1 Å². The number of anilines is 1. The zero-order valence-electron chi connectivity index (χ0n) is 21.7. The number of Topliss-reactive ketones (excluding diaryl/α,β-unsaturated/α-hetero) is 1. The first-order valence-corrected chi connectivity index (χ1v) is 12.0. The number of aryl methyl sites for hydroxylation is 2. The molecule has 0 aromatic heterocycles. The number of nitrogens with two attached hydrogens (primary N) is 1. The van der Waals surface area contributed by atoms with Gasteiger partial charge in [0.2, 0.25) is 5.88 Å². The van der Waals surface area contributed by atoms with Crippen molar-refractivity contribution in [1.29, 1.82) is 5.26 Å². The fraction of sp³-hybridized carbons (Fsp3) is 0.345. The van der Waals surface area contributed by atoms with Crippen molar-refractivity contribution < 1.29 is 23.8 Å². The SMILES string of the molecule is COc1cc(C2C(C#N)=C(N)OC3=C2C(=O)CC(C)(C)C3)ccc1OCC(=O)Nc1c(C)cccc1C. The van der Waals surface area contributed by atoms with E-state index in [4.69, 9.17) is 19.9 Å². The lowest BCUT2D eigenvalue weighted by Crippen LogP contribution is -2.33. The molecule has 1 heterocycles. The topological polar surface area (TPSA) is 124 Å². The van der Waals surface area contributed by atoms with Crippen LogP contribution in [0.25, 0.3) is 0 Å². The smallest absolute Gasteiger partial charge is 0.262 e. The molecule has 1 aliphatic heterocycles. The summed E-state index contributed by atoms with van der Waals surface area (Å²) < 4.78 is 17.1. The van der Waals surface area contributed by atoms with E-state index >= 15 is 0 Å². The van der Waals surface area contributed by atoms with Gasteiger partial charge in [0.05, 0.1) is 13.0 Å². The van der Waals surface area contributed by atoms with E-state index in [-0.39, 0.29) is 35.2 Å². The van der Waals surface area contributed by atoms with Gasteiger partial charge in [0.1, 0.15) is 17.4 Å². The summed E-state index contributed by atoms with van der Waals surface area (Å²) in [6, 6.07) is 13.0. The summed E-state index contributed by atoms with van der Waals surface area (Å²) in [4.78, 5) is 25.8. The largest absolute Gasteiger partial charge is 0.493 e. The number of nitrogens with one attached hydrogen (secondary N) is 1. The molecule has 1 amide bonds. The standard InChI is InChI=1S/C29H31N3O5/c1-16-7-6-8-17(2)27(16)32-24(34)15-36-21-10-9-18(11-22(21)35-5)25-19(14-30)28(31)37-23-13-29(3,4)12-20(33)26(23)25/h6-11,25H,12-13,15,31H2,1-5H3,(H,32,34). The van der Waals surface area contributed by atoms with E-state index in [1.807, 2.05) is 45.9 Å². The van der Waals surface area contributed by atoms with Gasteiger partial charge < -0.3 is 25.3 Å². The molecule has 1 unspecified atom stereocenters. The minimum atomic E-state index is -0.673. The Morgan fingerprint density at radius 1 is 1.19 bits per heavy atom. The van der Waals surface area contributed by atoms with Crippen LogP contribution in [0.15, 0.2) is 59.2 Å². The van der Waals surface area contributed by atoms with Gasteiger partial charge in [-0.25, -0.2) is 0 Å². The first-order valence-electron chi connectivity index (χ1n) is 12.0. The summed E-state index contributed by atoms with van der Waals surface area (Å²) in [6.45, 7) is 7.63. The molecule has 4 rings (SSSR count). The highest BCUT2D eigenvalue weighted by atomic mass is 16.5. The van der Waals surface area contributed by atoms with E-state index in [1.165, 1.54) is 7.11 Å². The van der Waals surface area contributed by atoms with Crippen LogP contribution in [0.4, 0.5) is 5.69 Å². The second kappa shape index (κ2) is 10.0. The van der Waals surface area contributed by atoms with Crippen molar-refractivity contribution in [2.24, 2.45) is 11.1 Å². The van der Waals surface area contributed by atoms with Gasteiger partial charge in [-0.15, -0.1) is 0 Å². The van der Waals surface area contributed by atoms with Gasteiger partial charge >= 0.3 is 0 Å². The molecule has 1 atom stereocenters. The highest BCUT2D eigenvalue weighted by molar-refractivity contribution is 6.00. The number of carbonyl (C=O) groups excluding carboxylic acids is 2. The van der Waals surface area contributed by atoms with Crippen LogP contribution in [0.3, 0.4) is 0 Å². The molecule has 8 nitrogen and oxygen atoms in total. The molecule has 0 fully saturated rings. The van der Waals surface area contributed by atoms with Gasteiger partial charge in [0.25, 0.3) is 5.91 Å². The maximum atomic E-state index is 13.2. The molecule has 192 valence electrons. The highest BCUT2D eigenvalue weighted by Crippen LogP contribution is 2.48. The minimum Gasteiger partial charge on any atom is -0.493 e. The van der Waals surface area contributed by atoms with Crippen molar-refractivity contribution in [2.75, 3.05) is 19.0 Å². The number of allylic oxidation sites excluding steroid dienone is 3. The first kappa shape index (κ1) is 25.8. The molecule has 1 aliphatic carbocycles. The molecule has 0 saturated carbocycles. The Bertz CT molecular complexity index is 1360. The van der Waals surface area contributed by atoms with Crippen molar-refractivity contribution in [3.63, 3.8) is 0 Å². The van der Waals surface area contributed by atoms with Gasteiger partial charge in [-0.3, -0.25) is 9.59 Å². The van der Waals surface area contributed by atoms with E-state index in [9.17, 15) is 14.9 Å². The molecule has 0 bridgehead atoms. The number of ketones is 1. The number of ether oxygens (including phenoxy) is 3. The Hall–Kier alpha value is -4.25. The number of methoxy groups -OCH3 is 1. The number of carbonyl (C=O) groups is 2. The molecule has 8 heteroatoms. The zero-order valence-corrected chi connectivity index (χ0v) is 21.7. The molecule has 2 aromatic rings. The number of hydrogen-bond donors (Lipinski definition) is 2. The first-order chi connectivity index (χ1) is 17.5. The summed E-state index contributed by atoms with van der Waals surface area (Å²) in [5.74, 6) is 0.179. The van der Waals surface area contributed by atoms with Gasteiger partial charge in [0, 0.05) is 24.1 Å². The normalized spacial score (nSPS) is 18.5. The molecule has 0 saturated heterocycles. The van der Waals surface area contributed by atoms with Gasteiger partial charge in [0.15, 0.2) is 23.9 Å². The molecule has 2 aromatic carbocycles. The Labute approximate surface area is 216 Å². The molecular formula is C29H31N3O5. The molecular weight excluding hydrogens is 470 g/mol. The van der Waals surface area contributed by atoms with Crippen LogP contribution in [0, 0.1) is 30.6 Å². The number of amides is 1. The number of nitrogens with zero attached hydrogens (tertiary/aromatic N) is 1. The number of nitriles is 1. The quantitative estimate of drug-likeness (QED) is 0.584. The maximum Gasteiger partial charge on any atom is 0.262 e. The number of rotatable bonds is 6. The van der Waals surface area contributed by atoms with Crippen molar-refractivity contribution >= 4 is 17.4 Å². The fourth-order valence-electron chi connectivity index (χ4n) is 4.93. The average Bonchev–Trinajstić information content (AvgIpc) is 2.83. The van der Waals surface area contributed by atoms with Gasteiger partial charge in [-0.2, -0.15) is 5.26 Å². The monoisotopic (exact) mass is 501 g/mol. The van der Waals surface area contributed by atoms with E-state index in [0.717, 1.165) is 16.8 Å². The lowest BCUT2D eigenvalue weighted by molar-refractivity contribution is -0.119. The van der Waals surface area contributed by atoms with Crippen LogP contribution >= 0.6 is 0 Å². The Morgan fingerprint density at radius 3 is 2.54 bits per heavy atom. The Morgan fingerprint density at radius 2 is 1.89 bits per heavy atom. The fourth-order valence-corrected chi connectivity index (χ4v) is 4.93. The number of hydrogen-bond acceptors (Lipinski definition) is 7. The van der Waals surface area contributed by atoms with Gasteiger partial charge in [-0.1, -0.05) is 38.1 Å². The lowest BCUT2D eigenvalue weighted by Gasteiger charge is -2.37. The summed E-state index contributed by atoms with van der Waals surface area (Å²) >= 11 is 0. The summed E-state index contributed by atoms with van der Waals surface area (Å²) in [5.41, 5.74) is 9.80. The predicted molar refractivity (Wildman–Crippen MR) is 139 cm³/mol. The third-order valence-corrected chi connectivity index (χ3v) is 6.70. The van der Waals surface area contributed by atoms with Crippen molar-refractivity contribution in [3.8, 4) is 17.6 Å². The van der Waals surface area contributed by atoms with E-state index < -0.39 is 5.92 Å². The number of benzene rings is 2. The van der Waals surface area contributed by atoms with Crippen LogP contribution in [-0.2, 0) is 14.3 Å². The van der Waals surface area contributed by atoms with Crippen molar-refractivity contribution in [3.05, 3.63) is 75.9 Å². The van der Waals surface area contributed by atoms with Crippen LogP contribution < -0.4 is 20.5 Å². The molecule has 2 aliphatic rings. The van der Waals surface area contributed by atoms with Crippen LogP contribution in [0.1, 0.15) is 49.3 Å². The second-order valence-corrected chi connectivity index (χ2v) is 10.2. The average molecular weight is 502 g/mol. The number of para-hydroxylation sites is 1. The lowest BCUT2D eigenvalue weighted by atomic mass is 9.70. The summed E-state index contributed by atoms with van der Waals surface area (Å²) in [5, 5.41) is 12.7. The molecule has 0 spiro atoms. The second-order valence-electron chi connectivity index (χ2n) is 10.2. The van der Waals surface area contributed by atoms with Crippen LogP contribution in [-0.4, -0.2) is 25.4 Å². The molecule has 0 radical (unpaired) electrons. The minimum absolute atomic E-state index is 0.000728. The highest BCUT2D eigenvalue weighted by Gasteiger charge is 2.43. The van der Waals surface area contributed by atoms with Crippen LogP contribution in [0.2, 0.25) is 0 Å². The Kier molecular flexibility index (Phi) is 6.99. The van der Waals surface area contributed by atoms with Crippen molar-refractivity contribution in [2.45, 2.75) is 46.5 Å². The predicted octanol–water partition coefficient (Wildman–Crippen LogP) is 4.78. The Balaban J connectivity index is 1.60. The van der Waals surface area contributed by atoms with E-state index in [1.54, 1.807) is 18.2 Å². The van der Waals surface area contributed by atoms with Crippen molar-refractivity contribution in [1.82, 2.24) is 0 Å². The maximum absolute atomic E-state index is 13.2. The zero-order chi connectivity index (χ0) is 26.9. The van der Waals surface area contributed by atoms with E-state index in [0.29, 0.717) is 41.2 Å². The molecule has 3 N–H and O–H groups in total. The van der Waals surface area contributed by atoms with E-state index in [2.05, 4.69) is 11.4 Å². The third-order valence-electron chi connectivity index (χ3n) is 6.70.